The van der Waals surface area contributed by atoms with E-state index in [4.69, 9.17) is 0 Å². The van der Waals surface area contributed by atoms with Gasteiger partial charge in [-0.1, -0.05) is 36.8 Å². The van der Waals surface area contributed by atoms with Gasteiger partial charge in [-0.3, -0.25) is 9.69 Å². The monoisotopic (exact) mass is 339 g/mol. The Balaban J connectivity index is 0.00000264. The lowest BCUT2D eigenvalue weighted by Gasteiger charge is -2.35. The summed E-state index contributed by atoms with van der Waals surface area (Å²) in [7, 11) is 0. The van der Waals surface area contributed by atoms with Crippen LogP contribution in [0.3, 0.4) is 0 Å². The molecule has 5 heteroatoms. The number of carbonyl (C=O) groups excluding carboxylic acids is 1. The Morgan fingerprint density at radius 3 is 2.65 bits per heavy atom. The van der Waals surface area contributed by atoms with Gasteiger partial charge in [0, 0.05) is 38.8 Å². The summed E-state index contributed by atoms with van der Waals surface area (Å²) < 4.78 is 0. The van der Waals surface area contributed by atoms with Crippen molar-refractivity contribution in [1.29, 1.82) is 0 Å². The maximum atomic E-state index is 12.7. The lowest BCUT2D eigenvalue weighted by atomic mass is 10.1. The van der Waals surface area contributed by atoms with Crippen molar-refractivity contribution >= 4 is 18.3 Å². The first-order valence-corrected chi connectivity index (χ1v) is 8.38. The predicted molar refractivity (Wildman–Crippen MR) is 98.0 cm³/mol. The molecule has 1 aliphatic heterocycles. The number of amides is 1. The van der Waals surface area contributed by atoms with Crippen molar-refractivity contribution < 1.29 is 4.79 Å². The molecule has 0 aromatic heterocycles. The van der Waals surface area contributed by atoms with Crippen LogP contribution in [0.5, 0.6) is 0 Å². The van der Waals surface area contributed by atoms with Crippen molar-refractivity contribution in [3.8, 4) is 0 Å². The van der Waals surface area contributed by atoms with E-state index in [0.717, 1.165) is 32.6 Å². The Bertz CT molecular complexity index is 478. The molecular formula is C18H30ClN3O. The molecule has 0 saturated carbocycles. The molecule has 0 bridgehead atoms. The second-order valence-electron chi connectivity index (χ2n) is 6.32. The van der Waals surface area contributed by atoms with E-state index in [-0.39, 0.29) is 18.3 Å². The quantitative estimate of drug-likeness (QED) is 0.864. The largest absolute Gasteiger partial charge is 0.337 e. The van der Waals surface area contributed by atoms with Crippen LogP contribution < -0.4 is 5.32 Å². The average Bonchev–Trinajstić information content (AvgIpc) is 2.51. The van der Waals surface area contributed by atoms with Crippen LogP contribution in [-0.2, 0) is 11.3 Å². The van der Waals surface area contributed by atoms with Crippen molar-refractivity contribution in [3.05, 3.63) is 35.4 Å². The molecule has 23 heavy (non-hydrogen) atoms. The summed E-state index contributed by atoms with van der Waals surface area (Å²) >= 11 is 0. The zero-order valence-corrected chi connectivity index (χ0v) is 15.4. The van der Waals surface area contributed by atoms with Crippen LogP contribution in [0, 0.1) is 6.92 Å². The lowest BCUT2D eigenvalue weighted by molar-refractivity contribution is -0.133. The maximum Gasteiger partial charge on any atom is 0.237 e. The molecule has 1 heterocycles. The third-order valence-corrected chi connectivity index (χ3v) is 4.32. The Morgan fingerprint density at radius 2 is 2.04 bits per heavy atom. The fourth-order valence-corrected chi connectivity index (χ4v) is 2.87. The van der Waals surface area contributed by atoms with E-state index in [9.17, 15) is 4.79 Å². The minimum absolute atomic E-state index is 0. The van der Waals surface area contributed by atoms with Crippen LogP contribution in [0.15, 0.2) is 24.3 Å². The van der Waals surface area contributed by atoms with Gasteiger partial charge in [-0.15, -0.1) is 12.4 Å². The van der Waals surface area contributed by atoms with Gasteiger partial charge in [0.25, 0.3) is 0 Å². The summed E-state index contributed by atoms with van der Waals surface area (Å²) in [6, 6.07) is 8.91. The highest BCUT2D eigenvalue weighted by molar-refractivity contribution is 5.85. The number of hydrogen-bond donors (Lipinski definition) is 1. The Morgan fingerprint density at radius 1 is 1.35 bits per heavy atom. The van der Waals surface area contributed by atoms with Crippen molar-refractivity contribution in [1.82, 2.24) is 15.1 Å². The summed E-state index contributed by atoms with van der Waals surface area (Å²) in [5.74, 6) is 0.246. The van der Waals surface area contributed by atoms with Crippen molar-refractivity contribution in [2.45, 2.75) is 39.8 Å². The molecule has 1 aromatic carbocycles. The van der Waals surface area contributed by atoms with Crippen molar-refractivity contribution in [3.63, 3.8) is 0 Å². The molecule has 1 fully saturated rings. The van der Waals surface area contributed by atoms with E-state index in [2.05, 4.69) is 55.3 Å². The van der Waals surface area contributed by atoms with Gasteiger partial charge < -0.3 is 10.2 Å². The molecule has 1 atom stereocenters. The molecule has 0 spiro atoms. The molecule has 1 aliphatic rings. The van der Waals surface area contributed by atoms with Crippen LogP contribution >= 0.6 is 12.4 Å². The number of nitrogens with one attached hydrogen (secondary N) is 1. The van der Waals surface area contributed by atoms with E-state index < -0.39 is 0 Å². The van der Waals surface area contributed by atoms with Crippen molar-refractivity contribution in [2.75, 3.05) is 32.7 Å². The highest BCUT2D eigenvalue weighted by Gasteiger charge is 2.23. The molecule has 1 aromatic rings. The van der Waals surface area contributed by atoms with Gasteiger partial charge in [0.2, 0.25) is 5.91 Å². The predicted octanol–water partition coefficient (Wildman–Crippen LogP) is 2.45. The van der Waals surface area contributed by atoms with Crippen LogP contribution in [0.2, 0.25) is 0 Å². The highest BCUT2D eigenvalue weighted by Crippen LogP contribution is 2.10. The minimum atomic E-state index is 0. The summed E-state index contributed by atoms with van der Waals surface area (Å²) in [5.41, 5.74) is 2.47. The van der Waals surface area contributed by atoms with Crippen LogP contribution in [0.4, 0.5) is 0 Å². The molecule has 0 aliphatic carbocycles. The third-order valence-electron chi connectivity index (χ3n) is 4.32. The van der Waals surface area contributed by atoms with Gasteiger partial charge in [0.1, 0.15) is 0 Å². The molecule has 1 saturated heterocycles. The summed E-state index contributed by atoms with van der Waals surface area (Å²) in [6.45, 7) is 11.4. The van der Waals surface area contributed by atoms with E-state index in [1.54, 1.807) is 0 Å². The molecule has 2 rings (SSSR count). The number of piperazine rings is 1. The van der Waals surface area contributed by atoms with Gasteiger partial charge in [0.05, 0.1) is 6.54 Å². The van der Waals surface area contributed by atoms with Gasteiger partial charge >= 0.3 is 0 Å². The van der Waals surface area contributed by atoms with E-state index in [0.29, 0.717) is 19.1 Å². The zero-order chi connectivity index (χ0) is 15.9. The smallest absolute Gasteiger partial charge is 0.237 e. The number of benzene rings is 1. The van der Waals surface area contributed by atoms with Gasteiger partial charge in [-0.05, 0) is 25.8 Å². The fraction of sp³-hybridized carbons (Fsp3) is 0.611. The number of carbonyl (C=O) groups is 1. The molecule has 4 nitrogen and oxygen atoms in total. The maximum absolute atomic E-state index is 12.7. The van der Waals surface area contributed by atoms with Gasteiger partial charge in [-0.2, -0.15) is 0 Å². The van der Waals surface area contributed by atoms with Gasteiger partial charge in [-0.25, -0.2) is 0 Å². The lowest BCUT2D eigenvalue weighted by Crippen LogP contribution is -2.53. The first-order chi connectivity index (χ1) is 10.6. The average molecular weight is 340 g/mol. The normalized spacial score (nSPS) is 18.3. The highest BCUT2D eigenvalue weighted by atomic mass is 35.5. The Labute approximate surface area is 146 Å². The Hall–Kier alpha value is -1.10. The number of rotatable bonds is 6. The number of nitrogens with zero attached hydrogens (tertiary/aromatic N) is 2. The fourth-order valence-electron chi connectivity index (χ4n) is 2.87. The molecule has 1 amide bonds. The second kappa shape index (κ2) is 9.91. The van der Waals surface area contributed by atoms with Crippen LogP contribution in [-0.4, -0.2) is 54.5 Å². The Kier molecular flexibility index (Phi) is 8.59. The first kappa shape index (κ1) is 19.9. The van der Waals surface area contributed by atoms with E-state index in [1.807, 2.05) is 4.90 Å². The topological polar surface area (TPSA) is 35.6 Å². The summed E-state index contributed by atoms with van der Waals surface area (Å²) in [4.78, 5) is 17.0. The summed E-state index contributed by atoms with van der Waals surface area (Å²) in [5, 5.41) is 3.37. The van der Waals surface area contributed by atoms with Crippen LogP contribution in [0.25, 0.3) is 0 Å². The molecule has 1 N–H and O–H groups in total. The standard InChI is InChI=1S/C18H29N3O.ClH/c1-4-10-21(13-17-7-5-15(2)6-8-17)18(22)14-20-11-9-19-12-16(20)3;/h5-8,16,19H,4,9-14H2,1-3H3;1H/t16-;/m0./s1. The minimum Gasteiger partial charge on any atom is -0.337 e. The number of halogens is 1. The van der Waals surface area contributed by atoms with Crippen LogP contribution in [0.1, 0.15) is 31.4 Å². The first-order valence-electron chi connectivity index (χ1n) is 8.38. The van der Waals surface area contributed by atoms with Gasteiger partial charge in [0.15, 0.2) is 0 Å². The molecule has 0 radical (unpaired) electrons. The summed E-state index contributed by atoms with van der Waals surface area (Å²) in [6.07, 6.45) is 0.995. The van der Waals surface area contributed by atoms with E-state index in [1.165, 1.54) is 11.1 Å². The van der Waals surface area contributed by atoms with E-state index >= 15 is 0 Å². The third kappa shape index (κ3) is 6.13. The SMILES string of the molecule is CCCN(Cc1ccc(C)cc1)C(=O)CN1CCNC[C@@H]1C.Cl. The molecule has 0 unspecified atom stereocenters. The second-order valence-corrected chi connectivity index (χ2v) is 6.32. The van der Waals surface area contributed by atoms with Crippen molar-refractivity contribution in [2.24, 2.45) is 0 Å². The molecular weight excluding hydrogens is 310 g/mol. The molecule has 130 valence electrons. The number of hydrogen-bond acceptors (Lipinski definition) is 3. The number of aryl methyl sites for hydroxylation is 1. The zero-order valence-electron chi connectivity index (χ0n) is 14.5.